The lowest BCUT2D eigenvalue weighted by molar-refractivity contribution is 0.0406. The molecule has 3 nitrogen and oxygen atoms in total. The van der Waals surface area contributed by atoms with Gasteiger partial charge in [0.05, 0.1) is 6.04 Å². The maximum atomic E-state index is 14.8. The Morgan fingerprint density at radius 3 is 2.35 bits per heavy atom. The largest absolute Gasteiger partial charge is 0.349 e. The molecule has 0 amide bonds. The Bertz CT molecular complexity index is 498. The van der Waals surface area contributed by atoms with Gasteiger partial charge in [-0.25, -0.2) is 9.38 Å². The Kier molecular flexibility index (Phi) is 4.23. The monoisotopic (exact) mass is 297 g/mol. The first-order chi connectivity index (χ1) is 9.32. The fourth-order valence-corrected chi connectivity index (χ4v) is 2.77. The van der Waals surface area contributed by atoms with Gasteiger partial charge in [-0.3, -0.25) is 0 Å². The summed E-state index contributed by atoms with van der Waals surface area (Å²) in [5, 5.41) is 0.578. The normalized spacial score (nSPS) is 24.8. The first-order valence-electron chi connectivity index (χ1n) is 6.69. The summed E-state index contributed by atoms with van der Waals surface area (Å²) in [5.41, 5.74) is -0.629. The number of benzene rings is 1. The number of guanidine groups is 1. The minimum atomic E-state index is -1.29. The molecule has 20 heavy (non-hydrogen) atoms. The van der Waals surface area contributed by atoms with Crippen LogP contribution in [0.4, 0.5) is 4.39 Å². The van der Waals surface area contributed by atoms with Crippen LogP contribution in [-0.2, 0) is 5.67 Å². The van der Waals surface area contributed by atoms with Crippen LogP contribution in [0.3, 0.4) is 0 Å². The number of aliphatic imine (C=N–C) groups is 1. The van der Waals surface area contributed by atoms with Crippen molar-refractivity contribution in [3.8, 4) is 0 Å². The Balaban J connectivity index is 2.08. The molecule has 0 atom stereocenters. The van der Waals surface area contributed by atoms with E-state index in [4.69, 9.17) is 11.6 Å². The van der Waals surface area contributed by atoms with Gasteiger partial charge in [0.25, 0.3) is 0 Å². The average molecular weight is 298 g/mol. The van der Waals surface area contributed by atoms with Crippen LogP contribution in [0.15, 0.2) is 29.3 Å². The molecular weight excluding hydrogens is 277 g/mol. The van der Waals surface area contributed by atoms with Crippen molar-refractivity contribution >= 4 is 17.6 Å². The molecule has 0 spiro atoms. The van der Waals surface area contributed by atoms with Crippen LogP contribution in [0, 0.1) is 0 Å². The van der Waals surface area contributed by atoms with Crippen molar-refractivity contribution in [1.29, 1.82) is 0 Å². The molecule has 110 valence electrons. The van der Waals surface area contributed by atoms with Crippen LogP contribution in [0.2, 0.25) is 5.02 Å². The molecule has 0 heterocycles. The highest BCUT2D eigenvalue weighted by atomic mass is 35.5. The van der Waals surface area contributed by atoms with Crippen LogP contribution >= 0.6 is 11.6 Å². The van der Waals surface area contributed by atoms with Crippen LogP contribution in [0.1, 0.15) is 18.4 Å². The molecule has 5 heteroatoms. The molecule has 0 N–H and O–H groups in total. The van der Waals surface area contributed by atoms with E-state index in [2.05, 4.69) is 4.99 Å². The highest BCUT2D eigenvalue weighted by molar-refractivity contribution is 6.30. The minimum absolute atomic E-state index is 0.0266. The first kappa shape index (κ1) is 15.1. The summed E-state index contributed by atoms with van der Waals surface area (Å²) in [6, 6.07) is 7.09. The molecule has 0 bridgehead atoms. The molecular formula is C15H21ClFN3. The Labute approximate surface area is 125 Å². The predicted octanol–water partition coefficient (Wildman–Crippen LogP) is 3.15. The second-order valence-corrected chi connectivity index (χ2v) is 6.19. The maximum Gasteiger partial charge on any atom is 0.195 e. The van der Waals surface area contributed by atoms with E-state index in [0.29, 0.717) is 23.4 Å². The van der Waals surface area contributed by atoms with Gasteiger partial charge in [-0.15, -0.1) is 0 Å². The van der Waals surface area contributed by atoms with E-state index in [1.165, 1.54) is 0 Å². The highest BCUT2D eigenvalue weighted by Crippen LogP contribution is 2.47. The number of alkyl halides is 1. The SMILES string of the molecule is CN(C)C(=NC1CC(F)(c2cccc(Cl)c2)C1)N(C)C. The molecule has 0 radical (unpaired) electrons. The molecule has 0 saturated heterocycles. The standard InChI is InChI=1S/C15H21ClFN3/c1-19(2)14(20(3)4)18-13-9-15(17,10-13)11-6-5-7-12(16)8-11/h5-8,13H,9-10H2,1-4H3. The van der Waals surface area contributed by atoms with Gasteiger partial charge >= 0.3 is 0 Å². The molecule has 1 saturated carbocycles. The van der Waals surface area contributed by atoms with Crippen LogP contribution in [0.25, 0.3) is 0 Å². The molecule has 0 aliphatic heterocycles. The summed E-state index contributed by atoms with van der Waals surface area (Å²) in [7, 11) is 7.77. The molecule has 1 aliphatic carbocycles. The van der Waals surface area contributed by atoms with Crippen molar-refractivity contribution < 1.29 is 4.39 Å². The fraction of sp³-hybridized carbons (Fsp3) is 0.533. The summed E-state index contributed by atoms with van der Waals surface area (Å²) in [5.74, 6) is 0.864. The third kappa shape index (κ3) is 3.06. The van der Waals surface area contributed by atoms with Crippen LogP contribution < -0.4 is 0 Å². The number of nitrogens with zero attached hydrogens (tertiary/aromatic N) is 3. The lowest BCUT2D eigenvalue weighted by Gasteiger charge is -2.40. The summed E-state index contributed by atoms with van der Waals surface area (Å²) >= 11 is 5.93. The molecule has 1 aliphatic rings. The number of hydrogen-bond acceptors (Lipinski definition) is 1. The zero-order valence-electron chi connectivity index (χ0n) is 12.4. The van der Waals surface area contributed by atoms with Gasteiger partial charge in [-0.05, 0) is 17.7 Å². The molecule has 1 aromatic rings. The lowest BCUT2D eigenvalue weighted by Crippen LogP contribution is -2.43. The van der Waals surface area contributed by atoms with Crippen LogP contribution in [0.5, 0.6) is 0 Å². The van der Waals surface area contributed by atoms with Gasteiger partial charge in [0.2, 0.25) is 0 Å². The van der Waals surface area contributed by atoms with Crippen LogP contribution in [-0.4, -0.2) is 50.0 Å². The number of hydrogen-bond donors (Lipinski definition) is 0. The molecule has 1 aromatic carbocycles. The van der Waals surface area contributed by atoms with E-state index < -0.39 is 5.67 Å². The average Bonchev–Trinajstić information content (AvgIpc) is 2.32. The van der Waals surface area contributed by atoms with Gasteiger partial charge < -0.3 is 9.80 Å². The van der Waals surface area contributed by atoms with E-state index in [-0.39, 0.29) is 6.04 Å². The van der Waals surface area contributed by atoms with E-state index in [1.807, 2.05) is 38.0 Å². The third-order valence-electron chi connectivity index (χ3n) is 3.56. The van der Waals surface area contributed by atoms with Gasteiger partial charge in [0, 0.05) is 46.1 Å². The fourth-order valence-electron chi connectivity index (χ4n) is 2.58. The number of halogens is 2. The van der Waals surface area contributed by atoms with Gasteiger partial charge in [0.15, 0.2) is 5.96 Å². The highest BCUT2D eigenvalue weighted by Gasteiger charge is 2.46. The minimum Gasteiger partial charge on any atom is -0.349 e. The topological polar surface area (TPSA) is 18.8 Å². The third-order valence-corrected chi connectivity index (χ3v) is 3.79. The zero-order chi connectivity index (χ0) is 14.9. The molecule has 0 unspecified atom stereocenters. The smallest absolute Gasteiger partial charge is 0.195 e. The van der Waals surface area contributed by atoms with Crippen molar-refractivity contribution in [3.63, 3.8) is 0 Å². The van der Waals surface area contributed by atoms with E-state index in [1.54, 1.807) is 24.3 Å². The van der Waals surface area contributed by atoms with Crippen molar-refractivity contribution in [1.82, 2.24) is 9.80 Å². The number of rotatable bonds is 2. The van der Waals surface area contributed by atoms with Gasteiger partial charge in [-0.2, -0.15) is 0 Å². The Hall–Kier alpha value is -1.29. The molecule has 0 aromatic heterocycles. The Morgan fingerprint density at radius 1 is 1.25 bits per heavy atom. The quantitative estimate of drug-likeness (QED) is 0.617. The lowest BCUT2D eigenvalue weighted by atomic mass is 9.73. The molecule has 1 fully saturated rings. The summed E-state index contributed by atoms with van der Waals surface area (Å²) in [6.45, 7) is 0. The maximum absolute atomic E-state index is 14.8. The van der Waals surface area contributed by atoms with E-state index in [0.717, 1.165) is 5.96 Å². The van der Waals surface area contributed by atoms with Crippen molar-refractivity contribution in [2.75, 3.05) is 28.2 Å². The van der Waals surface area contributed by atoms with Crippen molar-refractivity contribution in [3.05, 3.63) is 34.9 Å². The van der Waals surface area contributed by atoms with Gasteiger partial charge in [-0.1, -0.05) is 23.7 Å². The second-order valence-electron chi connectivity index (χ2n) is 5.76. The van der Waals surface area contributed by atoms with Crippen molar-refractivity contribution in [2.24, 2.45) is 4.99 Å². The van der Waals surface area contributed by atoms with E-state index in [9.17, 15) is 4.39 Å². The summed E-state index contributed by atoms with van der Waals surface area (Å²) in [6.07, 6.45) is 0.830. The zero-order valence-corrected chi connectivity index (χ0v) is 13.2. The molecule has 2 rings (SSSR count). The second kappa shape index (κ2) is 5.60. The van der Waals surface area contributed by atoms with E-state index >= 15 is 0 Å². The predicted molar refractivity (Wildman–Crippen MR) is 82.1 cm³/mol. The Morgan fingerprint density at radius 2 is 1.85 bits per heavy atom. The van der Waals surface area contributed by atoms with Crippen molar-refractivity contribution in [2.45, 2.75) is 24.6 Å². The van der Waals surface area contributed by atoms with Gasteiger partial charge in [0.1, 0.15) is 5.67 Å². The summed E-state index contributed by atoms with van der Waals surface area (Å²) < 4.78 is 14.8. The summed E-state index contributed by atoms with van der Waals surface area (Å²) in [4.78, 5) is 8.50. The first-order valence-corrected chi connectivity index (χ1v) is 7.07.